The summed E-state index contributed by atoms with van der Waals surface area (Å²) < 4.78 is 5.14. The minimum Gasteiger partial charge on any atom is -0.410 e. The first-order chi connectivity index (χ1) is 3.68. The topological polar surface area (TPSA) is 9.23 Å². The van der Waals surface area contributed by atoms with E-state index in [1.54, 1.807) is 0 Å². The first-order valence-corrected chi connectivity index (χ1v) is 4.12. The van der Waals surface area contributed by atoms with Gasteiger partial charge in [-0.3, -0.25) is 0 Å². The van der Waals surface area contributed by atoms with Gasteiger partial charge in [0.1, 0.15) is 15.5 Å². The van der Waals surface area contributed by atoms with Crippen molar-refractivity contribution in [3.05, 3.63) is 0 Å². The van der Waals surface area contributed by atoms with Gasteiger partial charge in [-0.05, 0) is 12.8 Å². The van der Waals surface area contributed by atoms with Crippen LogP contribution < -0.4 is 0 Å². The molecule has 0 heterocycles. The molecule has 0 aliphatic carbocycles. The Kier molecular flexibility index (Phi) is 3.69. The van der Waals surface area contributed by atoms with Crippen LogP contribution in [0.1, 0.15) is 26.7 Å². The summed E-state index contributed by atoms with van der Waals surface area (Å²) in [5, 5.41) is -0.341. The zero-order chi connectivity index (χ0) is 6.62. The van der Waals surface area contributed by atoms with Gasteiger partial charge in [-0.15, -0.1) is 0 Å². The van der Waals surface area contributed by atoms with Gasteiger partial charge in [0.15, 0.2) is 0 Å². The molecule has 0 aliphatic heterocycles. The minimum absolute atomic E-state index is 0.341. The van der Waals surface area contributed by atoms with E-state index in [1.165, 1.54) is 0 Å². The van der Waals surface area contributed by atoms with Crippen molar-refractivity contribution in [3.63, 3.8) is 0 Å². The average Bonchev–Trinajstić information content (AvgIpc) is 1.87. The third-order valence-electron chi connectivity index (χ3n) is 1.42. The first kappa shape index (κ1) is 8.47. The number of hydrogen-bond acceptors (Lipinski definition) is 1. The molecule has 0 radical (unpaired) electrons. The van der Waals surface area contributed by atoms with E-state index in [4.69, 9.17) is 16.0 Å². The van der Waals surface area contributed by atoms with Crippen LogP contribution in [0.3, 0.4) is 0 Å². The molecule has 0 aromatic rings. The Balaban J connectivity index is 3.58. The van der Waals surface area contributed by atoms with E-state index < -0.39 is 0 Å². The van der Waals surface area contributed by atoms with Crippen molar-refractivity contribution < 1.29 is 4.43 Å². The summed E-state index contributed by atoms with van der Waals surface area (Å²) in [5.74, 6) is 0. The SMILES string of the molecule is CCC(Cl)(CC)O[SiH3]. The van der Waals surface area contributed by atoms with Crippen molar-refractivity contribution in [2.45, 2.75) is 31.7 Å². The molecule has 0 aromatic carbocycles. The molecule has 0 unspecified atom stereocenters. The Labute approximate surface area is 58.9 Å². The summed E-state index contributed by atoms with van der Waals surface area (Å²) >= 11 is 5.91. The van der Waals surface area contributed by atoms with Crippen LogP contribution in [0.5, 0.6) is 0 Å². The predicted octanol–water partition coefficient (Wildman–Crippen LogP) is 1.04. The predicted molar refractivity (Wildman–Crippen MR) is 40.2 cm³/mol. The molecule has 0 bridgehead atoms. The molecule has 0 rings (SSSR count). The lowest BCUT2D eigenvalue weighted by molar-refractivity contribution is 0.164. The van der Waals surface area contributed by atoms with Crippen molar-refractivity contribution in [3.8, 4) is 0 Å². The van der Waals surface area contributed by atoms with Crippen LogP contribution in [-0.2, 0) is 4.43 Å². The second-order valence-corrected chi connectivity index (χ2v) is 2.89. The van der Waals surface area contributed by atoms with Gasteiger partial charge in [-0.1, -0.05) is 25.4 Å². The highest BCUT2D eigenvalue weighted by Crippen LogP contribution is 2.23. The zero-order valence-electron chi connectivity index (χ0n) is 5.70. The fourth-order valence-electron chi connectivity index (χ4n) is 0.539. The highest BCUT2D eigenvalue weighted by Gasteiger charge is 2.19. The molecule has 0 N–H and O–H groups in total. The third-order valence-corrected chi connectivity index (χ3v) is 3.15. The molecule has 0 atom stereocenters. The van der Waals surface area contributed by atoms with Crippen LogP contribution in [0.4, 0.5) is 0 Å². The smallest absolute Gasteiger partial charge is 0.148 e. The largest absolute Gasteiger partial charge is 0.410 e. The summed E-state index contributed by atoms with van der Waals surface area (Å²) in [6.45, 7) is 4.07. The van der Waals surface area contributed by atoms with Crippen LogP contribution in [0.2, 0.25) is 0 Å². The average molecular weight is 153 g/mol. The second kappa shape index (κ2) is 3.48. The van der Waals surface area contributed by atoms with Gasteiger partial charge in [0.05, 0.1) is 0 Å². The Hall–Kier alpha value is 0.467. The van der Waals surface area contributed by atoms with Gasteiger partial charge in [0, 0.05) is 0 Å². The van der Waals surface area contributed by atoms with Crippen LogP contribution in [0, 0.1) is 0 Å². The van der Waals surface area contributed by atoms with Gasteiger partial charge in [0.25, 0.3) is 0 Å². The molecule has 0 aliphatic rings. The standard InChI is InChI=1S/C5H13ClOSi/c1-3-5(6,4-2)7-8/h3-4H2,1-2,8H3. The highest BCUT2D eigenvalue weighted by molar-refractivity contribution is 6.24. The molecule has 0 aromatic heterocycles. The van der Waals surface area contributed by atoms with E-state index in [0.717, 1.165) is 23.3 Å². The number of rotatable bonds is 3. The number of alkyl halides is 1. The Morgan fingerprint density at radius 2 is 1.88 bits per heavy atom. The first-order valence-electron chi connectivity index (χ1n) is 2.92. The van der Waals surface area contributed by atoms with E-state index in [0.29, 0.717) is 0 Å². The van der Waals surface area contributed by atoms with E-state index in [1.807, 2.05) is 13.8 Å². The molecule has 0 saturated carbocycles. The minimum atomic E-state index is -0.341. The van der Waals surface area contributed by atoms with Crippen LogP contribution >= 0.6 is 11.6 Å². The van der Waals surface area contributed by atoms with Gasteiger partial charge in [-0.2, -0.15) is 0 Å². The van der Waals surface area contributed by atoms with Crippen LogP contribution in [-0.4, -0.2) is 15.5 Å². The Bertz CT molecular complexity index is 55.2. The van der Waals surface area contributed by atoms with E-state index in [9.17, 15) is 0 Å². The molecule has 0 fully saturated rings. The molecule has 8 heavy (non-hydrogen) atoms. The molecule has 1 nitrogen and oxygen atoms in total. The molecular formula is C5H13ClOSi. The third kappa shape index (κ3) is 2.16. The van der Waals surface area contributed by atoms with E-state index in [-0.39, 0.29) is 5.06 Å². The Morgan fingerprint density at radius 3 is 1.88 bits per heavy atom. The fraction of sp³-hybridized carbons (Fsp3) is 1.00. The van der Waals surface area contributed by atoms with Gasteiger partial charge in [-0.25, -0.2) is 0 Å². The van der Waals surface area contributed by atoms with Crippen molar-refractivity contribution in [2.24, 2.45) is 0 Å². The summed E-state index contributed by atoms with van der Waals surface area (Å²) in [6, 6.07) is 0. The molecule has 0 saturated heterocycles. The molecule has 3 heteroatoms. The van der Waals surface area contributed by atoms with Crippen LogP contribution in [0.15, 0.2) is 0 Å². The van der Waals surface area contributed by atoms with Crippen molar-refractivity contribution in [1.82, 2.24) is 0 Å². The van der Waals surface area contributed by atoms with Gasteiger partial charge >= 0.3 is 0 Å². The second-order valence-electron chi connectivity index (χ2n) is 1.79. The van der Waals surface area contributed by atoms with Crippen molar-refractivity contribution in [1.29, 1.82) is 0 Å². The maximum Gasteiger partial charge on any atom is 0.148 e. The lowest BCUT2D eigenvalue weighted by Gasteiger charge is -2.21. The summed E-state index contributed by atoms with van der Waals surface area (Å²) in [4.78, 5) is 0. The fourth-order valence-corrected chi connectivity index (χ4v) is 1.12. The lowest BCUT2D eigenvalue weighted by atomic mass is 10.2. The maximum atomic E-state index is 5.91. The quantitative estimate of drug-likeness (QED) is 0.434. The normalized spacial score (nSPS) is 12.4. The highest BCUT2D eigenvalue weighted by atomic mass is 35.5. The van der Waals surface area contributed by atoms with Crippen LogP contribution in [0.25, 0.3) is 0 Å². The summed E-state index contributed by atoms with van der Waals surface area (Å²) in [6.07, 6.45) is 1.79. The molecule has 0 spiro atoms. The van der Waals surface area contributed by atoms with Crippen molar-refractivity contribution in [2.75, 3.05) is 0 Å². The molecular weight excluding hydrogens is 140 g/mol. The zero-order valence-corrected chi connectivity index (χ0v) is 8.46. The monoisotopic (exact) mass is 152 g/mol. The van der Waals surface area contributed by atoms with Crippen molar-refractivity contribution >= 4 is 22.1 Å². The molecule has 0 amide bonds. The molecule has 50 valence electrons. The van der Waals surface area contributed by atoms with E-state index >= 15 is 0 Å². The van der Waals surface area contributed by atoms with Gasteiger partial charge in [0.2, 0.25) is 0 Å². The summed E-state index contributed by atoms with van der Waals surface area (Å²) in [7, 11) is 0.734. The number of hydrogen-bond donors (Lipinski definition) is 0. The Morgan fingerprint density at radius 1 is 1.50 bits per heavy atom. The van der Waals surface area contributed by atoms with E-state index in [2.05, 4.69) is 0 Å². The lowest BCUT2D eigenvalue weighted by Crippen LogP contribution is -2.21. The maximum absolute atomic E-state index is 5.91. The summed E-state index contributed by atoms with van der Waals surface area (Å²) in [5.41, 5.74) is 0. The van der Waals surface area contributed by atoms with Gasteiger partial charge < -0.3 is 4.43 Å². The number of halogens is 1.